The van der Waals surface area contributed by atoms with Crippen molar-refractivity contribution < 1.29 is 54.5 Å². The summed E-state index contributed by atoms with van der Waals surface area (Å²) in [7, 11) is 0. The summed E-state index contributed by atoms with van der Waals surface area (Å²) in [6.07, 6.45) is -3.42. The molecule has 48 valence electrons. The van der Waals surface area contributed by atoms with Crippen LogP contribution in [-0.2, 0) is 0 Å². The average Bonchev–Trinajstić information content (AvgIpc) is 1.25. The van der Waals surface area contributed by atoms with Crippen molar-refractivity contribution in [3.63, 3.8) is 0 Å². The van der Waals surface area contributed by atoms with Crippen LogP contribution >= 0.6 is 0 Å². The van der Waals surface area contributed by atoms with Crippen molar-refractivity contribution >= 4 is 12.2 Å². The molecular weight excluding hydrogens is 141 g/mol. The number of primary amides is 1. The van der Waals surface area contributed by atoms with Crippen LogP contribution in [0.15, 0.2) is 0 Å². The summed E-state index contributed by atoms with van der Waals surface area (Å²) in [5, 5.41) is 22.5. The fraction of sp³-hybridized carbons (Fsp3) is 0. The zero-order valence-electron chi connectivity index (χ0n) is 4.70. The Bertz CT molecular complexity index is 73.0. The van der Waals surface area contributed by atoms with Crippen LogP contribution in [0.5, 0.6) is 0 Å². The van der Waals surface area contributed by atoms with Gasteiger partial charge in [0.1, 0.15) is 0 Å². The molecule has 0 fully saturated rings. The van der Waals surface area contributed by atoms with Gasteiger partial charge in [-0.3, -0.25) is 0 Å². The Labute approximate surface area is 72.6 Å². The smallest absolute Gasteiger partial charge is 0.565 e. The zero-order chi connectivity index (χ0) is 7.15. The first-order valence-corrected chi connectivity index (χ1v) is 1.35. The molecule has 0 aliphatic rings. The molecule has 9 heavy (non-hydrogen) atoms. The van der Waals surface area contributed by atoms with Gasteiger partial charge in [-0.2, -0.15) is 0 Å². The Kier molecular flexibility index (Phi) is 18.5. The Morgan fingerprint density at radius 2 is 1.33 bits per heavy atom. The molecule has 0 atom stereocenters. The fourth-order valence-electron chi connectivity index (χ4n) is 0. The maximum Gasteiger partial charge on any atom is 1.00 e. The SMILES string of the molecule is NC(=O)O.O=C([O-])O.[Na+]. The third kappa shape index (κ3) is 1090. The molecule has 0 bridgehead atoms. The van der Waals surface area contributed by atoms with Crippen LogP contribution in [0.2, 0.25) is 0 Å². The zero-order valence-corrected chi connectivity index (χ0v) is 6.70. The quantitative estimate of drug-likeness (QED) is 0.296. The second-order valence-electron chi connectivity index (χ2n) is 0.604. The Morgan fingerprint density at radius 1 is 1.33 bits per heavy atom. The van der Waals surface area contributed by atoms with Crippen LogP contribution in [0.4, 0.5) is 9.59 Å². The molecule has 6 nitrogen and oxygen atoms in total. The molecule has 0 aromatic rings. The second kappa shape index (κ2) is 10.5. The first kappa shape index (κ1) is 15.8. The maximum absolute atomic E-state index is 8.78. The molecular formula is C2H4NNaO5. The van der Waals surface area contributed by atoms with Gasteiger partial charge in [0.2, 0.25) is 6.16 Å². The number of carbonyl (C=O) groups is 2. The molecule has 0 heterocycles. The molecule has 0 aromatic carbocycles. The van der Waals surface area contributed by atoms with Crippen molar-refractivity contribution in [3.05, 3.63) is 0 Å². The molecule has 0 saturated heterocycles. The summed E-state index contributed by atoms with van der Waals surface area (Å²) in [5.41, 5.74) is 4.03. The van der Waals surface area contributed by atoms with E-state index in [-0.39, 0.29) is 29.6 Å². The third-order valence-electron chi connectivity index (χ3n) is 0. The van der Waals surface area contributed by atoms with Crippen molar-refractivity contribution in [2.24, 2.45) is 5.73 Å². The van der Waals surface area contributed by atoms with E-state index in [1.807, 2.05) is 0 Å². The third-order valence-corrected chi connectivity index (χ3v) is 0. The van der Waals surface area contributed by atoms with Gasteiger partial charge >= 0.3 is 35.7 Å². The number of hydrogen-bond donors (Lipinski definition) is 3. The van der Waals surface area contributed by atoms with Crippen molar-refractivity contribution in [3.8, 4) is 0 Å². The van der Waals surface area contributed by atoms with Gasteiger partial charge in [0.25, 0.3) is 0 Å². The number of rotatable bonds is 0. The summed E-state index contributed by atoms with van der Waals surface area (Å²) >= 11 is 0. The Balaban J connectivity index is -0.0000000720. The molecule has 0 aliphatic carbocycles. The van der Waals surface area contributed by atoms with E-state index in [2.05, 4.69) is 5.73 Å². The molecule has 7 heteroatoms. The van der Waals surface area contributed by atoms with E-state index in [1.54, 1.807) is 0 Å². The van der Waals surface area contributed by atoms with Crippen molar-refractivity contribution in [1.29, 1.82) is 0 Å². The van der Waals surface area contributed by atoms with E-state index in [4.69, 9.17) is 24.9 Å². The van der Waals surface area contributed by atoms with Crippen LogP contribution in [0, 0.1) is 0 Å². The van der Waals surface area contributed by atoms with Gasteiger partial charge < -0.3 is 25.8 Å². The number of hydrogen-bond acceptors (Lipinski definition) is 3. The van der Waals surface area contributed by atoms with Crippen molar-refractivity contribution in [2.75, 3.05) is 0 Å². The summed E-state index contributed by atoms with van der Waals surface area (Å²) in [4.78, 5) is 17.2. The standard InChI is InChI=1S/CH3NO2.CH2O3.Na/c2*2-1(3)4;/h2H2,(H,3,4);(H2,2,3,4);/q;;+1/p-1. The molecule has 0 radical (unpaired) electrons. The predicted octanol–water partition coefficient (Wildman–Crippen LogP) is -4.49. The summed E-state index contributed by atoms with van der Waals surface area (Å²) in [6.45, 7) is 0. The molecule has 0 aromatic heterocycles. The van der Waals surface area contributed by atoms with E-state index >= 15 is 0 Å². The van der Waals surface area contributed by atoms with E-state index in [9.17, 15) is 0 Å². The fourth-order valence-corrected chi connectivity index (χ4v) is 0. The van der Waals surface area contributed by atoms with Crippen LogP contribution in [0.1, 0.15) is 0 Å². The van der Waals surface area contributed by atoms with Gasteiger partial charge in [-0.15, -0.1) is 0 Å². The van der Waals surface area contributed by atoms with Crippen LogP contribution in [0.25, 0.3) is 0 Å². The van der Waals surface area contributed by atoms with Gasteiger partial charge in [0, 0.05) is 0 Å². The molecule has 0 unspecified atom stereocenters. The summed E-state index contributed by atoms with van der Waals surface area (Å²) in [5.74, 6) is 0. The molecule has 0 saturated carbocycles. The van der Waals surface area contributed by atoms with E-state index in [0.717, 1.165) is 0 Å². The number of amides is 1. The van der Waals surface area contributed by atoms with Gasteiger partial charge in [0.05, 0.1) is 0 Å². The average molecular weight is 145 g/mol. The predicted molar refractivity (Wildman–Crippen MR) is 20.2 cm³/mol. The van der Waals surface area contributed by atoms with Crippen LogP contribution in [-0.4, -0.2) is 22.5 Å². The monoisotopic (exact) mass is 145 g/mol. The van der Waals surface area contributed by atoms with Crippen molar-refractivity contribution in [1.82, 2.24) is 0 Å². The minimum Gasteiger partial charge on any atom is -0.565 e. The molecule has 0 spiro atoms. The molecule has 1 amide bonds. The van der Waals surface area contributed by atoms with Gasteiger partial charge in [-0.25, -0.2) is 4.79 Å². The van der Waals surface area contributed by atoms with Crippen molar-refractivity contribution in [2.45, 2.75) is 0 Å². The largest absolute Gasteiger partial charge is 1.00 e. The number of nitrogens with two attached hydrogens (primary N) is 1. The van der Waals surface area contributed by atoms with Gasteiger partial charge in [0.15, 0.2) is 0 Å². The van der Waals surface area contributed by atoms with E-state index < -0.39 is 12.2 Å². The molecule has 0 rings (SSSR count). The second-order valence-corrected chi connectivity index (χ2v) is 0.604. The normalized spacial score (nSPS) is 5.33. The van der Waals surface area contributed by atoms with Crippen LogP contribution < -0.4 is 40.4 Å². The van der Waals surface area contributed by atoms with Gasteiger partial charge in [-0.1, -0.05) is 0 Å². The molecule has 4 N–H and O–H groups in total. The van der Waals surface area contributed by atoms with Crippen LogP contribution in [0.3, 0.4) is 0 Å². The van der Waals surface area contributed by atoms with E-state index in [1.165, 1.54) is 0 Å². The van der Waals surface area contributed by atoms with E-state index in [0.29, 0.717) is 0 Å². The minimum absolute atomic E-state index is 0. The first-order valence-electron chi connectivity index (χ1n) is 1.35. The first-order chi connectivity index (χ1) is 3.46. The topological polar surface area (TPSA) is 124 Å². The Morgan fingerprint density at radius 3 is 1.33 bits per heavy atom. The molecule has 0 aliphatic heterocycles. The Hall–Kier alpha value is -0.460. The minimum atomic E-state index is -2.08. The number of carboxylic acid groups (broad SMARTS) is 3. The summed E-state index contributed by atoms with van der Waals surface area (Å²) < 4.78 is 0. The summed E-state index contributed by atoms with van der Waals surface area (Å²) in [6, 6.07) is 0. The van der Waals surface area contributed by atoms with Gasteiger partial charge in [-0.05, 0) is 0 Å². The maximum atomic E-state index is 8.78.